The summed E-state index contributed by atoms with van der Waals surface area (Å²) in [4.78, 5) is 21.3. The number of thiocarbonyl (C=S) groups is 1. The average Bonchev–Trinajstić information content (AvgIpc) is 3.01. The van der Waals surface area contributed by atoms with Gasteiger partial charge in [-0.25, -0.2) is 4.98 Å². The lowest BCUT2D eigenvalue weighted by molar-refractivity contribution is 0.0956. The summed E-state index contributed by atoms with van der Waals surface area (Å²) in [6.45, 7) is 1.52. The van der Waals surface area contributed by atoms with Crippen molar-refractivity contribution in [2.45, 2.75) is 38.3 Å². The van der Waals surface area contributed by atoms with E-state index in [1.54, 1.807) is 0 Å². The van der Waals surface area contributed by atoms with Crippen LogP contribution in [-0.2, 0) is 6.54 Å². The van der Waals surface area contributed by atoms with E-state index in [0.717, 1.165) is 23.6 Å². The predicted octanol–water partition coefficient (Wildman–Crippen LogP) is 3.46. The fourth-order valence-corrected chi connectivity index (χ4v) is 4.08. The summed E-state index contributed by atoms with van der Waals surface area (Å²) < 4.78 is 0. The van der Waals surface area contributed by atoms with Crippen molar-refractivity contribution in [2.75, 3.05) is 11.4 Å². The van der Waals surface area contributed by atoms with Crippen LogP contribution in [0.15, 0.2) is 30.3 Å². The second kappa shape index (κ2) is 7.82. The smallest absolute Gasteiger partial charge is 0.277 e. The molecule has 0 saturated carbocycles. The number of hydrogen-bond donors (Lipinski definition) is 3. The maximum Gasteiger partial charge on any atom is 0.277 e. The van der Waals surface area contributed by atoms with E-state index in [-0.39, 0.29) is 11.9 Å². The number of carbonyl (C=O) groups is 1. The van der Waals surface area contributed by atoms with Crippen molar-refractivity contribution in [3.8, 4) is 0 Å². The van der Waals surface area contributed by atoms with Crippen molar-refractivity contribution in [2.24, 2.45) is 0 Å². The number of nitrogens with one attached hydrogen (secondary N) is 3. The number of benzene rings is 1. The first kappa shape index (κ1) is 18.2. The van der Waals surface area contributed by atoms with Crippen molar-refractivity contribution < 1.29 is 4.79 Å². The molecule has 1 aromatic carbocycles. The fraction of sp³-hybridized carbons (Fsp3) is 0.368. The van der Waals surface area contributed by atoms with Crippen LogP contribution in [0.2, 0.25) is 5.02 Å². The molecule has 0 aliphatic carbocycles. The number of halogens is 1. The first-order chi connectivity index (χ1) is 13.2. The molecule has 2 aliphatic rings. The lowest BCUT2D eigenvalue weighted by atomic mass is 9.96. The molecule has 8 heteroatoms. The highest BCUT2D eigenvalue weighted by atomic mass is 35.5. The molecule has 0 spiro atoms. The van der Waals surface area contributed by atoms with Gasteiger partial charge in [0, 0.05) is 11.1 Å². The van der Waals surface area contributed by atoms with E-state index < -0.39 is 0 Å². The lowest BCUT2D eigenvalue weighted by Gasteiger charge is -2.30. The van der Waals surface area contributed by atoms with Crippen molar-refractivity contribution in [1.29, 1.82) is 0 Å². The minimum Gasteiger partial charge on any atom is -0.339 e. The van der Waals surface area contributed by atoms with Gasteiger partial charge < -0.3 is 10.3 Å². The number of anilines is 1. The maximum atomic E-state index is 12.2. The highest BCUT2D eigenvalue weighted by Crippen LogP contribution is 2.32. The summed E-state index contributed by atoms with van der Waals surface area (Å²) in [6, 6.07) is 6.23. The number of nitrogens with zero attached hydrogens (tertiary/aromatic N) is 2. The number of imidazole rings is 1. The fourth-order valence-electron chi connectivity index (χ4n) is 3.74. The predicted molar refractivity (Wildman–Crippen MR) is 109 cm³/mol. The van der Waals surface area contributed by atoms with E-state index in [0.29, 0.717) is 23.9 Å². The Hall–Kier alpha value is -2.18. The molecular weight excluding hydrogens is 382 g/mol. The standard InChI is InChI=1S/C19H20ClN5OS/c20-13-6-5-12(14(8-13)15-4-2-1-3-7-21-15)9-25-16(10-27)24-19(26)17-18(25)23-11-22-17/h5-6,8,11,15,21H,1-4,7,9H2,(H,22,23)(H,24,26)/t15-/m0/s1. The third-order valence-corrected chi connectivity index (χ3v) is 5.50. The normalized spacial score (nSPS) is 19.9. The molecule has 3 N–H and O–H groups in total. The first-order valence-electron chi connectivity index (χ1n) is 9.06. The van der Waals surface area contributed by atoms with Gasteiger partial charge in [-0.1, -0.05) is 30.5 Å². The number of fused-ring (bicyclic) bond motifs is 1. The minimum atomic E-state index is -0.257. The second-order valence-corrected chi connectivity index (χ2v) is 7.43. The molecule has 2 aliphatic heterocycles. The molecule has 27 heavy (non-hydrogen) atoms. The molecule has 1 fully saturated rings. The van der Waals surface area contributed by atoms with Crippen LogP contribution in [0, 0.1) is 0 Å². The van der Waals surface area contributed by atoms with E-state index in [2.05, 4.69) is 25.6 Å². The molecule has 6 nitrogen and oxygen atoms in total. The van der Waals surface area contributed by atoms with Crippen LogP contribution in [0.1, 0.15) is 53.3 Å². The Kier molecular flexibility index (Phi) is 5.27. The van der Waals surface area contributed by atoms with Gasteiger partial charge in [0.15, 0.2) is 11.6 Å². The van der Waals surface area contributed by atoms with Gasteiger partial charge in [0.25, 0.3) is 5.91 Å². The highest BCUT2D eigenvalue weighted by Gasteiger charge is 2.30. The van der Waals surface area contributed by atoms with Crippen LogP contribution in [0.5, 0.6) is 0 Å². The molecule has 1 aromatic heterocycles. The monoisotopic (exact) mass is 401 g/mol. The Balaban J connectivity index is 1.71. The minimum absolute atomic E-state index is 0.257. The van der Waals surface area contributed by atoms with Gasteiger partial charge in [-0.2, -0.15) is 0 Å². The largest absolute Gasteiger partial charge is 0.339 e. The van der Waals surface area contributed by atoms with Crippen LogP contribution in [0.3, 0.4) is 0 Å². The second-order valence-electron chi connectivity index (χ2n) is 6.79. The van der Waals surface area contributed by atoms with Gasteiger partial charge in [-0.05, 0) is 59.9 Å². The molecule has 2 aromatic rings. The van der Waals surface area contributed by atoms with Gasteiger partial charge in [-0.3, -0.25) is 15.0 Å². The molecule has 1 atom stereocenters. The van der Waals surface area contributed by atoms with Gasteiger partial charge >= 0.3 is 0 Å². The number of aromatic amines is 1. The van der Waals surface area contributed by atoms with Gasteiger partial charge in [-0.15, -0.1) is 0 Å². The van der Waals surface area contributed by atoms with E-state index in [9.17, 15) is 4.79 Å². The van der Waals surface area contributed by atoms with Gasteiger partial charge in [0.2, 0.25) is 0 Å². The van der Waals surface area contributed by atoms with Gasteiger partial charge in [0.05, 0.1) is 12.9 Å². The van der Waals surface area contributed by atoms with Crippen LogP contribution in [0.4, 0.5) is 5.82 Å². The third-order valence-electron chi connectivity index (χ3n) is 5.07. The Bertz CT molecular complexity index is 913. The molecular formula is C19H20ClN5OS. The van der Waals surface area contributed by atoms with Crippen molar-refractivity contribution in [3.63, 3.8) is 0 Å². The Morgan fingerprint density at radius 1 is 1.33 bits per heavy atom. The van der Waals surface area contributed by atoms with Gasteiger partial charge in [0.1, 0.15) is 5.69 Å². The summed E-state index contributed by atoms with van der Waals surface area (Å²) in [7, 11) is 0. The van der Waals surface area contributed by atoms with Crippen LogP contribution < -0.4 is 15.5 Å². The van der Waals surface area contributed by atoms with Crippen LogP contribution in [-0.4, -0.2) is 27.4 Å². The number of H-pyrrole nitrogens is 1. The molecule has 0 unspecified atom stereocenters. The maximum absolute atomic E-state index is 12.2. The summed E-state index contributed by atoms with van der Waals surface area (Å²) >= 11 is 11.3. The van der Waals surface area contributed by atoms with E-state index in [1.165, 1.54) is 31.2 Å². The zero-order chi connectivity index (χ0) is 18.8. The lowest BCUT2D eigenvalue weighted by Crippen LogP contribution is -2.41. The van der Waals surface area contributed by atoms with E-state index in [4.69, 9.17) is 23.8 Å². The molecule has 4 rings (SSSR count). The molecule has 1 amide bonds. The summed E-state index contributed by atoms with van der Waals surface area (Å²) in [6.07, 6.45) is 6.22. The van der Waals surface area contributed by atoms with Crippen LogP contribution in [0.25, 0.3) is 0 Å². The number of carbonyl (C=O) groups excluding carboxylic acids is 1. The molecule has 140 valence electrons. The Labute approximate surface area is 168 Å². The summed E-state index contributed by atoms with van der Waals surface area (Å²) in [5.74, 6) is 0.734. The number of amides is 1. The van der Waals surface area contributed by atoms with E-state index in [1.807, 2.05) is 23.1 Å². The van der Waals surface area contributed by atoms with E-state index >= 15 is 0 Å². The third kappa shape index (κ3) is 3.64. The quantitative estimate of drug-likeness (QED) is 0.687. The van der Waals surface area contributed by atoms with Crippen LogP contribution >= 0.6 is 23.8 Å². The van der Waals surface area contributed by atoms with Crippen molar-refractivity contribution in [1.82, 2.24) is 20.6 Å². The first-order valence-corrected chi connectivity index (χ1v) is 9.85. The molecule has 1 saturated heterocycles. The van der Waals surface area contributed by atoms with Crippen molar-refractivity contribution in [3.05, 3.63) is 52.2 Å². The van der Waals surface area contributed by atoms with Crippen molar-refractivity contribution >= 4 is 40.6 Å². The highest BCUT2D eigenvalue weighted by molar-refractivity contribution is 7.78. The zero-order valence-corrected chi connectivity index (χ0v) is 16.3. The molecule has 0 bridgehead atoms. The Morgan fingerprint density at radius 2 is 2.22 bits per heavy atom. The zero-order valence-electron chi connectivity index (χ0n) is 14.7. The summed E-state index contributed by atoms with van der Waals surface area (Å²) in [5, 5.41) is 9.79. The Morgan fingerprint density at radius 3 is 3.07 bits per heavy atom. The molecule has 3 heterocycles. The summed E-state index contributed by atoms with van der Waals surface area (Å²) in [5.41, 5.74) is 2.72. The topological polar surface area (TPSA) is 73.1 Å². The average molecular weight is 402 g/mol. The number of rotatable bonds is 3. The number of hydrogen-bond acceptors (Lipinski definition) is 5. The SMILES string of the molecule is O=C1NC(=C=S)N(Cc2ccc(Cl)cc2[C@@H]2CCCCCN2)c2nc[nH]c21. The number of aromatic nitrogens is 2. The molecule has 0 radical (unpaired) electrons.